The van der Waals surface area contributed by atoms with E-state index in [2.05, 4.69) is 37.8 Å². The van der Waals surface area contributed by atoms with Gasteiger partial charge in [0, 0.05) is 18.0 Å². The predicted octanol–water partition coefficient (Wildman–Crippen LogP) is 1.86. The average molecular weight is 283 g/mol. The summed E-state index contributed by atoms with van der Waals surface area (Å²) in [5, 5.41) is 10.2. The number of benzene rings is 1. The van der Waals surface area contributed by atoms with Gasteiger partial charge in [0.2, 0.25) is 5.95 Å². The molecule has 2 aromatic rings. The minimum absolute atomic E-state index is 0.0398. The zero-order chi connectivity index (χ0) is 14.7. The van der Waals surface area contributed by atoms with Gasteiger partial charge in [0.1, 0.15) is 6.17 Å². The van der Waals surface area contributed by atoms with Crippen molar-refractivity contribution < 1.29 is 0 Å². The molecule has 1 aromatic carbocycles. The SMILES string of the molecule is N/N=N\C(N)c1cnc(NC2(c3ccccc3)CC2)nc1. The molecular formula is C14H17N7. The fourth-order valence-electron chi connectivity index (χ4n) is 2.28. The van der Waals surface area contributed by atoms with Gasteiger partial charge in [0.25, 0.3) is 0 Å². The summed E-state index contributed by atoms with van der Waals surface area (Å²) in [5.41, 5.74) is 7.63. The highest BCUT2D eigenvalue weighted by atomic mass is 15.3. The van der Waals surface area contributed by atoms with Crippen molar-refractivity contribution in [3.05, 3.63) is 53.9 Å². The van der Waals surface area contributed by atoms with Crippen LogP contribution in [0.4, 0.5) is 5.95 Å². The second-order valence-corrected chi connectivity index (χ2v) is 5.09. The molecule has 1 heterocycles. The molecule has 7 heteroatoms. The number of hydrogen-bond acceptors (Lipinski definition) is 6. The van der Waals surface area contributed by atoms with Crippen LogP contribution in [0.5, 0.6) is 0 Å². The smallest absolute Gasteiger partial charge is 0.223 e. The van der Waals surface area contributed by atoms with Gasteiger partial charge in [0.05, 0.1) is 5.54 Å². The number of anilines is 1. The van der Waals surface area contributed by atoms with Gasteiger partial charge in [-0.15, -0.1) is 5.11 Å². The maximum absolute atomic E-state index is 5.75. The van der Waals surface area contributed by atoms with E-state index in [9.17, 15) is 0 Å². The first kappa shape index (κ1) is 13.4. The third-order valence-electron chi connectivity index (χ3n) is 3.63. The van der Waals surface area contributed by atoms with Crippen LogP contribution in [0.2, 0.25) is 0 Å². The van der Waals surface area contributed by atoms with E-state index < -0.39 is 6.17 Å². The van der Waals surface area contributed by atoms with E-state index in [0.717, 1.165) is 12.8 Å². The highest BCUT2D eigenvalue weighted by Crippen LogP contribution is 2.47. The summed E-state index contributed by atoms with van der Waals surface area (Å²) in [5.74, 6) is 5.56. The van der Waals surface area contributed by atoms with Crippen LogP contribution in [-0.4, -0.2) is 9.97 Å². The van der Waals surface area contributed by atoms with Gasteiger partial charge >= 0.3 is 0 Å². The van der Waals surface area contributed by atoms with Crippen LogP contribution in [0.3, 0.4) is 0 Å². The van der Waals surface area contributed by atoms with E-state index >= 15 is 0 Å². The lowest BCUT2D eigenvalue weighted by molar-refractivity contribution is 0.694. The van der Waals surface area contributed by atoms with Crippen molar-refractivity contribution in [1.82, 2.24) is 9.97 Å². The molecule has 1 atom stereocenters. The van der Waals surface area contributed by atoms with Crippen LogP contribution < -0.4 is 16.9 Å². The first-order chi connectivity index (χ1) is 10.2. The Balaban J connectivity index is 1.74. The Morgan fingerprint density at radius 1 is 1.14 bits per heavy atom. The number of aromatic nitrogens is 2. The van der Waals surface area contributed by atoms with Crippen LogP contribution in [0.25, 0.3) is 0 Å². The number of nitrogens with zero attached hydrogens (tertiary/aromatic N) is 4. The molecular weight excluding hydrogens is 266 g/mol. The van der Waals surface area contributed by atoms with Crippen molar-refractivity contribution in [3.8, 4) is 0 Å². The third-order valence-corrected chi connectivity index (χ3v) is 3.63. The zero-order valence-corrected chi connectivity index (χ0v) is 11.5. The van der Waals surface area contributed by atoms with E-state index in [1.54, 1.807) is 12.4 Å². The first-order valence-corrected chi connectivity index (χ1v) is 6.75. The molecule has 7 nitrogen and oxygen atoms in total. The summed E-state index contributed by atoms with van der Waals surface area (Å²) in [6, 6.07) is 10.3. The second kappa shape index (κ2) is 5.45. The summed E-state index contributed by atoms with van der Waals surface area (Å²) in [6.07, 6.45) is 4.78. The maximum atomic E-state index is 5.75. The molecule has 1 unspecified atom stereocenters. The Kier molecular flexibility index (Phi) is 3.49. The Morgan fingerprint density at radius 3 is 2.38 bits per heavy atom. The number of nitrogens with one attached hydrogen (secondary N) is 1. The van der Waals surface area contributed by atoms with E-state index in [1.807, 2.05) is 18.2 Å². The summed E-state index contributed by atoms with van der Waals surface area (Å²) >= 11 is 0. The number of hydrogen-bond donors (Lipinski definition) is 3. The molecule has 0 saturated heterocycles. The quantitative estimate of drug-likeness (QED) is 0.440. The highest BCUT2D eigenvalue weighted by molar-refractivity contribution is 5.42. The van der Waals surface area contributed by atoms with Gasteiger partial charge in [-0.3, -0.25) is 0 Å². The zero-order valence-electron chi connectivity index (χ0n) is 11.5. The summed E-state index contributed by atoms with van der Waals surface area (Å²) in [6.45, 7) is 0. The minimum atomic E-state index is -0.631. The molecule has 1 fully saturated rings. The summed E-state index contributed by atoms with van der Waals surface area (Å²) in [4.78, 5) is 8.58. The van der Waals surface area contributed by atoms with E-state index in [4.69, 9.17) is 11.6 Å². The molecule has 1 aliphatic carbocycles. The molecule has 0 aliphatic heterocycles. The van der Waals surface area contributed by atoms with E-state index in [1.165, 1.54) is 5.56 Å². The van der Waals surface area contributed by atoms with Crippen LogP contribution >= 0.6 is 0 Å². The standard InChI is InChI=1S/C14H17N7/c15-12(20-21-16)10-8-17-13(18-9-10)19-14(6-7-14)11-4-2-1-3-5-11/h1-5,8-9,12H,6-7,15H2,(H2,16,20)(H,17,18,19). The Hall–Kier alpha value is -2.54. The molecule has 0 spiro atoms. The van der Waals surface area contributed by atoms with Crippen molar-refractivity contribution in [1.29, 1.82) is 0 Å². The van der Waals surface area contributed by atoms with Gasteiger partial charge < -0.3 is 16.9 Å². The molecule has 1 aliphatic rings. The first-order valence-electron chi connectivity index (χ1n) is 6.75. The van der Waals surface area contributed by atoms with Crippen LogP contribution in [0, 0.1) is 0 Å². The second-order valence-electron chi connectivity index (χ2n) is 5.09. The van der Waals surface area contributed by atoms with Crippen molar-refractivity contribution in [2.75, 3.05) is 5.32 Å². The van der Waals surface area contributed by atoms with Crippen molar-refractivity contribution >= 4 is 5.95 Å². The monoisotopic (exact) mass is 283 g/mol. The lowest BCUT2D eigenvalue weighted by Crippen LogP contribution is -2.20. The van der Waals surface area contributed by atoms with Gasteiger partial charge in [0.15, 0.2) is 0 Å². The van der Waals surface area contributed by atoms with Gasteiger partial charge in [-0.05, 0) is 18.4 Å². The molecule has 0 amide bonds. The van der Waals surface area contributed by atoms with Crippen LogP contribution in [0.15, 0.2) is 53.1 Å². The molecule has 3 rings (SSSR count). The Bertz CT molecular complexity index is 620. The normalized spacial score (nSPS) is 17.6. The van der Waals surface area contributed by atoms with Gasteiger partial charge in [-0.25, -0.2) is 9.97 Å². The topological polar surface area (TPSA) is 115 Å². The maximum Gasteiger partial charge on any atom is 0.223 e. The lowest BCUT2D eigenvalue weighted by Gasteiger charge is -2.18. The van der Waals surface area contributed by atoms with Crippen LogP contribution in [-0.2, 0) is 5.54 Å². The van der Waals surface area contributed by atoms with Crippen molar-refractivity contribution in [2.45, 2.75) is 24.5 Å². The fourth-order valence-corrected chi connectivity index (χ4v) is 2.28. The van der Waals surface area contributed by atoms with E-state index in [0.29, 0.717) is 11.5 Å². The largest absolute Gasteiger partial charge is 0.345 e. The molecule has 1 saturated carbocycles. The van der Waals surface area contributed by atoms with Crippen molar-refractivity contribution in [3.63, 3.8) is 0 Å². The lowest BCUT2D eigenvalue weighted by atomic mass is 10.1. The molecule has 0 radical (unpaired) electrons. The van der Waals surface area contributed by atoms with Gasteiger partial charge in [-0.1, -0.05) is 35.6 Å². The average Bonchev–Trinajstić information content (AvgIpc) is 3.30. The fraction of sp³-hybridized carbons (Fsp3) is 0.286. The minimum Gasteiger partial charge on any atom is -0.345 e. The molecule has 21 heavy (non-hydrogen) atoms. The predicted molar refractivity (Wildman–Crippen MR) is 79.0 cm³/mol. The Morgan fingerprint density at radius 2 is 1.81 bits per heavy atom. The molecule has 5 N–H and O–H groups in total. The molecule has 108 valence electrons. The van der Waals surface area contributed by atoms with Crippen molar-refractivity contribution in [2.24, 2.45) is 21.9 Å². The Labute approximate surface area is 122 Å². The van der Waals surface area contributed by atoms with E-state index in [-0.39, 0.29) is 5.54 Å². The third kappa shape index (κ3) is 2.82. The highest BCUT2D eigenvalue weighted by Gasteiger charge is 2.44. The number of rotatable bonds is 5. The summed E-state index contributed by atoms with van der Waals surface area (Å²) in [7, 11) is 0. The molecule has 0 bridgehead atoms. The molecule has 1 aromatic heterocycles. The number of nitrogens with two attached hydrogens (primary N) is 2. The van der Waals surface area contributed by atoms with Gasteiger partial charge in [-0.2, -0.15) is 0 Å². The van der Waals surface area contributed by atoms with Crippen LogP contribution in [0.1, 0.15) is 30.1 Å². The summed E-state index contributed by atoms with van der Waals surface area (Å²) < 4.78 is 0.